The molecule has 0 saturated heterocycles. The van der Waals surface area contributed by atoms with E-state index in [1.807, 2.05) is 0 Å². The summed E-state index contributed by atoms with van der Waals surface area (Å²) in [7, 11) is 0. The summed E-state index contributed by atoms with van der Waals surface area (Å²) < 4.78 is 0. The van der Waals surface area contributed by atoms with Crippen LogP contribution in [-0.4, -0.2) is 0 Å². The summed E-state index contributed by atoms with van der Waals surface area (Å²) in [6.45, 7) is 8.93. The highest BCUT2D eigenvalue weighted by Gasteiger charge is 2.23. The minimum absolute atomic E-state index is 1.01. The molecule has 13 aromatic rings. The predicted octanol–water partition coefficient (Wildman–Crippen LogP) is 19.2. The molecule has 15 rings (SSSR count). The molecule has 2 aliphatic carbocycles. The molecule has 2 aliphatic rings. The van der Waals surface area contributed by atoms with Crippen LogP contribution < -0.4 is 0 Å². The first-order valence-electron chi connectivity index (χ1n) is 24.9. The van der Waals surface area contributed by atoms with Gasteiger partial charge in [-0.15, -0.1) is 0 Å². The van der Waals surface area contributed by atoms with Crippen molar-refractivity contribution in [3.8, 4) is 44.5 Å². The average molecular weight is 891 g/mol. The van der Waals surface area contributed by atoms with Gasteiger partial charge in [0.2, 0.25) is 0 Å². The van der Waals surface area contributed by atoms with Crippen molar-refractivity contribution in [2.24, 2.45) is 0 Å². The number of fused-ring (bicyclic) bond motifs is 13. The van der Waals surface area contributed by atoms with Gasteiger partial charge in [-0.1, -0.05) is 181 Å². The van der Waals surface area contributed by atoms with Crippen LogP contribution in [0.25, 0.3) is 120 Å². The molecular weight excluding hydrogens is 841 g/mol. The summed E-state index contributed by atoms with van der Waals surface area (Å²) in [5, 5.41) is 18.5. The van der Waals surface area contributed by atoms with E-state index in [1.54, 1.807) is 0 Å². The monoisotopic (exact) mass is 890 g/mol. The third-order valence-corrected chi connectivity index (χ3v) is 15.9. The number of aryl methyl sites for hydroxylation is 4. The zero-order chi connectivity index (χ0) is 46.8. The van der Waals surface area contributed by atoms with Crippen LogP contribution in [-0.2, 0) is 12.8 Å². The maximum absolute atomic E-state index is 2.46. The maximum Gasteiger partial charge on any atom is -0.00131 e. The fourth-order valence-corrected chi connectivity index (χ4v) is 12.5. The molecule has 0 saturated carbocycles. The van der Waals surface area contributed by atoms with E-state index in [9.17, 15) is 0 Å². The van der Waals surface area contributed by atoms with E-state index < -0.39 is 0 Å². The van der Waals surface area contributed by atoms with Gasteiger partial charge in [-0.2, -0.15) is 0 Å². The van der Waals surface area contributed by atoms with Crippen molar-refractivity contribution in [3.63, 3.8) is 0 Å². The molecule has 13 aromatic carbocycles. The summed E-state index contributed by atoms with van der Waals surface area (Å²) in [5.41, 5.74) is 22.0. The van der Waals surface area contributed by atoms with E-state index in [0.717, 1.165) is 12.8 Å². The Balaban J connectivity index is 0.000000132. The quantitative estimate of drug-likeness (QED) is 0.152. The van der Waals surface area contributed by atoms with Crippen LogP contribution in [0.4, 0.5) is 0 Å². The largest absolute Gasteiger partial charge is 0.0616 e. The van der Waals surface area contributed by atoms with Crippen LogP contribution in [0, 0.1) is 27.7 Å². The van der Waals surface area contributed by atoms with Crippen molar-refractivity contribution in [2.45, 2.75) is 40.5 Å². The van der Waals surface area contributed by atoms with Crippen molar-refractivity contribution in [1.82, 2.24) is 0 Å². The third kappa shape index (κ3) is 6.37. The third-order valence-electron chi connectivity index (χ3n) is 15.9. The van der Waals surface area contributed by atoms with Crippen molar-refractivity contribution in [3.05, 3.63) is 251 Å². The zero-order valence-electron chi connectivity index (χ0n) is 40.0. The maximum atomic E-state index is 2.46. The van der Waals surface area contributed by atoms with Gasteiger partial charge in [-0.3, -0.25) is 0 Å². The molecule has 0 atom stereocenters. The highest BCUT2D eigenvalue weighted by Crippen LogP contribution is 2.47. The summed E-state index contributed by atoms with van der Waals surface area (Å²) in [4.78, 5) is 0. The fraction of sp³-hybridized carbons (Fsp3) is 0.0857. The lowest BCUT2D eigenvalue weighted by Gasteiger charge is -2.18. The molecule has 0 aromatic heterocycles. The SMILES string of the molecule is Cc1ccc2c(c1)Cc1cc(-c3c4cc5ccccc5cc4c(C)c4cc5ccccc5cc34)ccc1-2.Cc1ccc2c(c1)Cc1cc(-c3c4ccccc4c(C)c4cc5ccccc5cc34)ccc1-2. The van der Waals surface area contributed by atoms with Crippen LogP contribution in [0.1, 0.15) is 44.5 Å². The number of hydrogen-bond donors (Lipinski definition) is 0. The van der Waals surface area contributed by atoms with Crippen molar-refractivity contribution >= 4 is 75.4 Å². The first-order chi connectivity index (χ1) is 34.3. The Labute approximate surface area is 409 Å². The molecule has 0 radical (unpaired) electrons. The lowest BCUT2D eigenvalue weighted by atomic mass is 9.85. The lowest BCUT2D eigenvalue weighted by molar-refractivity contribution is 1.25. The van der Waals surface area contributed by atoms with Gasteiger partial charge in [0, 0.05) is 0 Å². The van der Waals surface area contributed by atoms with E-state index in [-0.39, 0.29) is 0 Å². The predicted molar refractivity (Wildman–Crippen MR) is 302 cm³/mol. The van der Waals surface area contributed by atoms with Crippen molar-refractivity contribution < 1.29 is 0 Å². The lowest BCUT2D eigenvalue weighted by Crippen LogP contribution is -1.92. The first-order valence-corrected chi connectivity index (χ1v) is 24.9. The smallest absolute Gasteiger partial charge is 0.00131 e. The molecule has 0 nitrogen and oxygen atoms in total. The van der Waals surface area contributed by atoms with Gasteiger partial charge in [0.15, 0.2) is 0 Å². The van der Waals surface area contributed by atoms with Crippen molar-refractivity contribution in [2.75, 3.05) is 0 Å². The molecule has 330 valence electrons. The van der Waals surface area contributed by atoms with Gasteiger partial charge in [0.1, 0.15) is 0 Å². The summed E-state index contributed by atoms with van der Waals surface area (Å²) in [5.74, 6) is 0. The van der Waals surface area contributed by atoms with Crippen LogP contribution in [0.3, 0.4) is 0 Å². The Hall–Kier alpha value is -8.32. The number of rotatable bonds is 2. The summed E-state index contributed by atoms with van der Waals surface area (Å²) in [6.07, 6.45) is 2.03. The van der Waals surface area contributed by atoms with Crippen LogP contribution in [0.2, 0.25) is 0 Å². The Morgan fingerprint density at radius 1 is 0.243 bits per heavy atom. The summed E-state index contributed by atoms with van der Waals surface area (Å²) in [6, 6.07) is 77.5. The molecule has 70 heavy (non-hydrogen) atoms. The van der Waals surface area contributed by atoms with Crippen LogP contribution in [0.5, 0.6) is 0 Å². The number of hydrogen-bond acceptors (Lipinski definition) is 0. The highest BCUT2D eigenvalue weighted by molar-refractivity contribution is 6.21. The van der Waals surface area contributed by atoms with Crippen LogP contribution >= 0.6 is 0 Å². The van der Waals surface area contributed by atoms with E-state index in [4.69, 9.17) is 0 Å². The van der Waals surface area contributed by atoms with Crippen LogP contribution in [0.15, 0.2) is 206 Å². The van der Waals surface area contributed by atoms with Gasteiger partial charge in [0.25, 0.3) is 0 Å². The minimum Gasteiger partial charge on any atom is -0.0616 e. The van der Waals surface area contributed by atoms with Gasteiger partial charge in [-0.05, 0) is 230 Å². The van der Waals surface area contributed by atoms with E-state index >= 15 is 0 Å². The fourth-order valence-electron chi connectivity index (χ4n) is 12.5. The second-order valence-corrected chi connectivity index (χ2v) is 20.2. The zero-order valence-corrected chi connectivity index (χ0v) is 40.0. The van der Waals surface area contributed by atoms with Gasteiger partial charge in [0.05, 0.1) is 0 Å². The van der Waals surface area contributed by atoms with Gasteiger partial charge in [-0.25, -0.2) is 0 Å². The number of benzene rings is 13. The highest BCUT2D eigenvalue weighted by atomic mass is 14.3. The second-order valence-electron chi connectivity index (χ2n) is 20.2. The molecule has 0 amide bonds. The van der Waals surface area contributed by atoms with E-state index in [0.29, 0.717) is 0 Å². The molecule has 0 heteroatoms. The molecule has 0 aliphatic heterocycles. The minimum atomic E-state index is 1.01. The van der Waals surface area contributed by atoms with Gasteiger partial charge >= 0.3 is 0 Å². The van der Waals surface area contributed by atoms with Crippen molar-refractivity contribution in [1.29, 1.82) is 0 Å². The van der Waals surface area contributed by atoms with E-state index in [1.165, 1.54) is 164 Å². The Morgan fingerprint density at radius 2 is 0.543 bits per heavy atom. The molecule has 0 unspecified atom stereocenters. The molecule has 0 bridgehead atoms. The molecule has 0 spiro atoms. The standard InChI is InChI=1S/C37H26.C33H24/c1-22-11-13-31-29(15-22)17-30-16-28(12-14-32(30)31)37-35-20-26-9-5-3-7-24(26)18-33(35)23(2)34-19-25-8-4-6-10-27(25)21-36(34)37;1-20-11-13-28-25(15-20)17-26-16-24(12-14-29(26)28)33-30-10-6-5-9-27(30)21(2)31-18-22-7-3-4-8-23(22)19-32(31)33/h3-16,18-21H,17H2,1-2H3;3-16,18-19H,17H2,1-2H3. The molecule has 0 fully saturated rings. The topological polar surface area (TPSA) is 0 Å². The molecule has 0 N–H and O–H groups in total. The molecular formula is C70H50. The Morgan fingerprint density at radius 3 is 0.943 bits per heavy atom. The average Bonchev–Trinajstić information content (AvgIpc) is 3.94. The molecule has 0 heterocycles. The summed E-state index contributed by atoms with van der Waals surface area (Å²) >= 11 is 0. The normalized spacial score (nSPS) is 12.5. The Bertz CT molecular complexity index is 4290. The van der Waals surface area contributed by atoms with E-state index in [2.05, 4.69) is 234 Å². The second kappa shape index (κ2) is 15.6. The Kier molecular flexibility index (Phi) is 9.08. The first kappa shape index (κ1) is 40.7. The van der Waals surface area contributed by atoms with Gasteiger partial charge < -0.3 is 0 Å².